The van der Waals surface area contributed by atoms with E-state index in [9.17, 15) is 4.79 Å². The Kier molecular flexibility index (Phi) is 4.62. The summed E-state index contributed by atoms with van der Waals surface area (Å²) in [6.07, 6.45) is 0.865. The quantitative estimate of drug-likeness (QED) is 0.741. The molecule has 0 aliphatic heterocycles. The van der Waals surface area contributed by atoms with Crippen molar-refractivity contribution in [3.05, 3.63) is 52.4 Å². The van der Waals surface area contributed by atoms with Crippen LogP contribution in [0.4, 0.5) is 0 Å². The van der Waals surface area contributed by atoms with Crippen LogP contribution in [0, 0.1) is 5.92 Å². The van der Waals surface area contributed by atoms with Crippen LogP contribution in [0.1, 0.15) is 35.7 Å². The fourth-order valence-electron chi connectivity index (χ4n) is 2.78. The Morgan fingerprint density at radius 1 is 1.33 bits per heavy atom. The molecule has 2 heterocycles. The van der Waals surface area contributed by atoms with Gasteiger partial charge in [-0.05, 0) is 42.7 Å². The fraction of sp³-hybridized carbons (Fsp3) is 0.333. The second-order valence-electron chi connectivity index (χ2n) is 6.45. The lowest BCUT2D eigenvalue weighted by Crippen LogP contribution is -2.25. The van der Waals surface area contributed by atoms with Crippen LogP contribution in [0.15, 0.2) is 30.3 Å². The highest BCUT2D eigenvalue weighted by Crippen LogP contribution is 2.20. The number of fused-ring (bicyclic) bond motifs is 1. The smallest absolute Gasteiger partial charge is 0.269 e. The number of halogens is 1. The number of hydrogen-bond acceptors (Lipinski definition) is 2. The molecule has 5 nitrogen and oxygen atoms in total. The molecule has 0 unspecified atom stereocenters. The Morgan fingerprint density at radius 2 is 2.12 bits per heavy atom. The molecule has 0 fully saturated rings. The van der Waals surface area contributed by atoms with Gasteiger partial charge < -0.3 is 10.3 Å². The Labute approximate surface area is 146 Å². The molecule has 3 aromatic rings. The molecule has 1 amide bonds. The van der Waals surface area contributed by atoms with E-state index in [1.54, 1.807) is 11.7 Å². The summed E-state index contributed by atoms with van der Waals surface area (Å²) in [5.41, 5.74) is 3.45. The molecule has 0 atom stereocenters. The van der Waals surface area contributed by atoms with E-state index in [0.717, 1.165) is 28.7 Å². The standard InChI is InChI=1S/C18H21ClN4O/c1-11(2)6-14-9-17(23(3)22-14)18(24)20-10-15-8-12-7-13(19)4-5-16(12)21-15/h4-5,7-9,11,21H,6,10H2,1-3H3,(H,20,24). The first-order valence-electron chi connectivity index (χ1n) is 8.00. The second kappa shape index (κ2) is 6.69. The molecule has 3 rings (SSSR count). The summed E-state index contributed by atoms with van der Waals surface area (Å²) in [5, 5.41) is 9.07. The molecule has 0 bridgehead atoms. The number of hydrogen-bond donors (Lipinski definition) is 2. The number of H-pyrrole nitrogens is 1. The van der Waals surface area contributed by atoms with Crippen LogP contribution in [-0.4, -0.2) is 20.7 Å². The Hall–Kier alpha value is -2.27. The normalized spacial score (nSPS) is 11.4. The van der Waals surface area contributed by atoms with E-state index in [2.05, 4.69) is 29.2 Å². The molecule has 0 radical (unpaired) electrons. The van der Waals surface area contributed by atoms with Crippen LogP contribution >= 0.6 is 11.6 Å². The molecular formula is C18H21ClN4O. The van der Waals surface area contributed by atoms with Crippen molar-refractivity contribution < 1.29 is 4.79 Å². The zero-order chi connectivity index (χ0) is 17.3. The number of nitrogens with one attached hydrogen (secondary N) is 2. The number of nitrogens with zero attached hydrogens (tertiary/aromatic N) is 2. The van der Waals surface area contributed by atoms with Gasteiger partial charge in [-0.15, -0.1) is 0 Å². The van der Waals surface area contributed by atoms with Gasteiger partial charge in [-0.25, -0.2) is 0 Å². The maximum absolute atomic E-state index is 12.4. The number of carbonyl (C=O) groups is 1. The monoisotopic (exact) mass is 344 g/mol. The third-order valence-electron chi connectivity index (χ3n) is 3.86. The van der Waals surface area contributed by atoms with Gasteiger partial charge in [0.1, 0.15) is 5.69 Å². The molecular weight excluding hydrogens is 324 g/mol. The lowest BCUT2D eigenvalue weighted by Gasteiger charge is -2.03. The van der Waals surface area contributed by atoms with Gasteiger partial charge in [-0.1, -0.05) is 25.4 Å². The van der Waals surface area contributed by atoms with Gasteiger partial charge in [-0.3, -0.25) is 9.48 Å². The molecule has 0 spiro atoms. The van der Waals surface area contributed by atoms with E-state index in [-0.39, 0.29) is 5.91 Å². The van der Waals surface area contributed by atoms with Crippen LogP contribution in [0.25, 0.3) is 10.9 Å². The number of amides is 1. The van der Waals surface area contributed by atoms with Crippen molar-refractivity contribution >= 4 is 28.4 Å². The minimum absolute atomic E-state index is 0.128. The van der Waals surface area contributed by atoms with Gasteiger partial charge in [0.2, 0.25) is 0 Å². The highest BCUT2D eigenvalue weighted by atomic mass is 35.5. The van der Waals surface area contributed by atoms with E-state index in [1.165, 1.54) is 0 Å². The number of aromatic nitrogens is 3. The largest absolute Gasteiger partial charge is 0.357 e. The lowest BCUT2D eigenvalue weighted by molar-refractivity contribution is 0.0941. The van der Waals surface area contributed by atoms with Gasteiger partial charge in [0.15, 0.2) is 0 Å². The molecule has 0 aliphatic carbocycles. The Morgan fingerprint density at radius 3 is 2.88 bits per heavy atom. The molecule has 0 saturated carbocycles. The molecule has 2 N–H and O–H groups in total. The minimum atomic E-state index is -0.128. The van der Waals surface area contributed by atoms with Crippen molar-refractivity contribution in [2.75, 3.05) is 0 Å². The predicted molar refractivity (Wildman–Crippen MR) is 96.2 cm³/mol. The van der Waals surface area contributed by atoms with Crippen molar-refractivity contribution in [1.82, 2.24) is 20.1 Å². The molecule has 0 aliphatic rings. The molecule has 6 heteroatoms. The predicted octanol–water partition coefficient (Wildman–Crippen LogP) is 3.68. The van der Waals surface area contributed by atoms with E-state index in [4.69, 9.17) is 11.6 Å². The van der Waals surface area contributed by atoms with E-state index in [1.807, 2.05) is 30.3 Å². The van der Waals surface area contributed by atoms with E-state index in [0.29, 0.717) is 23.2 Å². The topological polar surface area (TPSA) is 62.7 Å². The second-order valence-corrected chi connectivity index (χ2v) is 6.89. The summed E-state index contributed by atoms with van der Waals surface area (Å²) < 4.78 is 1.64. The van der Waals surface area contributed by atoms with Gasteiger partial charge in [0.05, 0.1) is 12.2 Å². The summed E-state index contributed by atoms with van der Waals surface area (Å²) in [6.45, 7) is 4.70. The highest BCUT2D eigenvalue weighted by Gasteiger charge is 2.14. The Bertz CT molecular complexity index is 878. The van der Waals surface area contributed by atoms with Gasteiger partial charge >= 0.3 is 0 Å². The van der Waals surface area contributed by atoms with Crippen LogP contribution in [0.2, 0.25) is 5.02 Å². The third-order valence-corrected chi connectivity index (χ3v) is 4.09. The molecule has 126 valence electrons. The number of aryl methyl sites for hydroxylation is 1. The Balaban J connectivity index is 1.69. The first kappa shape index (κ1) is 16.6. The molecule has 0 saturated heterocycles. The van der Waals surface area contributed by atoms with Crippen molar-refractivity contribution in [2.45, 2.75) is 26.8 Å². The third kappa shape index (κ3) is 3.62. The zero-order valence-corrected chi connectivity index (χ0v) is 14.8. The van der Waals surface area contributed by atoms with Crippen LogP contribution in [-0.2, 0) is 20.0 Å². The average Bonchev–Trinajstić information content (AvgIpc) is 3.06. The maximum Gasteiger partial charge on any atom is 0.269 e. The zero-order valence-electron chi connectivity index (χ0n) is 14.1. The molecule has 2 aromatic heterocycles. The van der Waals surface area contributed by atoms with Gasteiger partial charge in [0, 0.05) is 28.7 Å². The first-order chi connectivity index (χ1) is 11.4. The first-order valence-corrected chi connectivity index (χ1v) is 8.38. The maximum atomic E-state index is 12.4. The minimum Gasteiger partial charge on any atom is -0.357 e. The summed E-state index contributed by atoms with van der Waals surface area (Å²) in [6, 6.07) is 9.53. The summed E-state index contributed by atoms with van der Waals surface area (Å²) >= 11 is 6.00. The number of rotatable bonds is 5. The van der Waals surface area contributed by atoms with Crippen molar-refractivity contribution in [3.63, 3.8) is 0 Å². The van der Waals surface area contributed by atoms with Gasteiger partial charge in [-0.2, -0.15) is 5.10 Å². The summed E-state index contributed by atoms with van der Waals surface area (Å²) in [5.74, 6) is 0.380. The van der Waals surface area contributed by atoms with E-state index < -0.39 is 0 Å². The molecule has 1 aromatic carbocycles. The SMILES string of the molecule is CC(C)Cc1cc(C(=O)NCc2cc3cc(Cl)ccc3[nH]2)n(C)n1. The molecule has 24 heavy (non-hydrogen) atoms. The van der Waals surface area contributed by atoms with Crippen LogP contribution < -0.4 is 5.32 Å². The van der Waals surface area contributed by atoms with Crippen molar-refractivity contribution in [1.29, 1.82) is 0 Å². The number of aromatic amines is 1. The lowest BCUT2D eigenvalue weighted by atomic mass is 10.1. The highest BCUT2D eigenvalue weighted by molar-refractivity contribution is 6.31. The van der Waals surface area contributed by atoms with Crippen molar-refractivity contribution in [3.8, 4) is 0 Å². The van der Waals surface area contributed by atoms with Crippen LogP contribution in [0.5, 0.6) is 0 Å². The number of carbonyl (C=O) groups excluding carboxylic acids is 1. The average molecular weight is 345 g/mol. The van der Waals surface area contributed by atoms with Crippen molar-refractivity contribution in [2.24, 2.45) is 13.0 Å². The fourth-order valence-corrected chi connectivity index (χ4v) is 2.96. The van der Waals surface area contributed by atoms with E-state index >= 15 is 0 Å². The number of benzene rings is 1. The van der Waals surface area contributed by atoms with Crippen LogP contribution in [0.3, 0.4) is 0 Å². The van der Waals surface area contributed by atoms with Gasteiger partial charge in [0.25, 0.3) is 5.91 Å². The summed E-state index contributed by atoms with van der Waals surface area (Å²) in [4.78, 5) is 15.7. The summed E-state index contributed by atoms with van der Waals surface area (Å²) in [7, 11) is 1.80.